The lowest BCUT2D eigenvalue weighted by molar-refractivity contribution is 0.255. The molecule has 0 amide bonds. The monoisotopic (exact) mass is 297 g/mol. The van der Waals surface area contributed by atoms with Gasteiger partial charge in [0.2, 0.25) is 0 Å². The highest BCUT2D eigenvalue weighted by Gasteiger charge is 2.23. The van der Waals surface area contributed by atoms with Crippen molar-refractivity contribution < 1.29 is 5.11 Å². The SMILES string of the molecule is CCC(CCO)NC1CCc2cc(Br)ccc21. The molecule has 2 nitrogen and oxygen atoms in total. The molecule has 0 saturated heterocycles. The molecule has 2 unspecified atom stereocenters. The van der Waals surface area contributed by atoms with Gasteiger partial charge in [0.25, 0.3) is 0 Å². The van der Waals surface area contributed by atoms with Crippen molar-refractivity contribution >= 4 is 15.9 Å². The van der Waals surface area contributed by atoms with Crippen molar-refractivity contribution in [2.24, 2.45) is 0 Å². The number of hydrogen-bond donors (Lipinski definition) is 2. The average molecular weight is 298 g/mol. The van der Waals surface area contributed by atoms with Crippen molar-refractivity contribution in [1.82, 2.24) is 5.32 Å². The van der Waals surface area contributed by atoms with Crippen LogP contribution in [0, 0.1) is 0 Å². The van der Waals surface area contributed by atoms with Crippen LogP contribution in [0.1, 0.15) is 43.4 Å². The molecule has 0 saturated carbocycles. The fourth-order valence-corrected chi connectivity index (χ4v) is 3.01. The van der Waals surface area contributed by atoms with Crippen LogP contribution in [0.5, 0.6) is 0 Å². The molecule has 1 aromatic rings. The minimum absolute atomic E-state index is 0.269. The molecule has 1 aromatic carbocycles. The highest BCUT2D eigenvalue weighted by molar-refractivity contribution is 9.10. The summed E-state index contributed by atoms with van der Waals surface area (Å²) in [6, 6.07) is 7.46. The number of nitrogens with one attached hydrogen (secondary N) is 1. The third-order valence-electron chi connectivity index (χ3n) is 3.59. The molecular formula is C14H20BrNO. The third kappa shape index (κ3) is 3.09. The highest BCUT2D eigenvalue weighted by Crippen LogP contribution is 2.33. The third-order valence-corrected chi connectivity index (χ3v) is 4.08. The molecule has 1 aliphatic carbocycles. The molecule has 0 spiro atoms. The molecule has 0 heterocycles. The van der Waals surface area contributed by atoms with E-state index in [1.54, 1.807) is 0 Å². The van der Waals surface area contributed by atoms with E-state index in [4.69, 9.17) is 5.11 Å². The summed E-state index contributed by atoms with van der Waals surface area (Å²) in [6.07, 6.45) is 4.25. The fourth-order valence-electron chi connectivity index (χ4n) is 2.60. The van der Waals surface area contributed by atoms with Gasteiger partial charge in [0, 0.05) is 23.2 Å². The predicted octanol–water partition coefficient (Wildman–Crippen LogP) is 3.19. The van der Waals surface area contributed by atoms with E-state index in [2.05, 4.69) is 46.4 Å². The summed E-state index contributed by atoms with van der Waals surface area (Å²) in [5, 5.41) is 12.7. The number of halogens is 1. The first-order valence-electron chi connectivity index (χ1n) is 6.39. The Kier molecular flexibility index (Phi) is 4.60. The lowest BCUT2D eigenvalue weighted by Gasteiger charge is -2.22. The van der Waals surface area contributed by atoms with E-state index in [0.29, 0.717) is 12.1 Å². The Labute approximate surface area is 112 Å². The van der Waals surface area contributed by atoms with E-state index < -0.39 is 0 Å². The molecule has 3 heteroatoms. The first kappa shape index (κ1) is 13.1. The minimum Gasteiger partial charge on any atom is -0.396 e. The van der Waals surface area contributed by atoms with Gasteiger partial charge in [0.15, 0.2) is 0 Å². The summed E-state index contributed by atoms with van der Waals surface area (Å²) >= 11 is 3.52. The summed E-state index contributed by atoms with van der Waals surface area (Å²) in [6.45, 7) is 2.44. The lowest BCUT2D eigenvalue weighted by Crippen LogP contribution is -2.32. The van der Waals surface area contributed by atoms with Crippen molar-refractivity contribution in [3.05, 3.63) is 33.8 Å². The van der Waals surface area contributed by atoms with Crippen LogP contribution < -0.4 is 5.32 Å². The Morgan fingerprint density at radius 2 is 2.35 bits per heavy atom. The standard InChI is InChI=1S/C14H20BrNO/c1-2-12(7-8-17)16-14-6-3-10-9-11(15)4-5-13(10)14/h4-5,9,12,14,16-17H,2-3,6-8H2,1H3. The Bertz CT molecular complexity index is 380. The number of rotatable bonds is 5. The molecular weight excluding hydrogens is 278 g/mol. The molecule has 2 rings (SSSR count). The smallest absolute Gasteiger partial charge is 0.0445 e. The number of hydrogen-bond acceptors (Lipinski definition) is 2. The Morgan fingerprint density at radius 3 is 3.06 bits per heavy atom. The van der Waals surface area contributed by atoms with E-state index >= 15 is 0 Å². The van der Waals surface area contributed by atoms with Crippen LogP contribution in [0.3, 0.4) is 0 Å². The van der Waals surface area contributed by atoms with Crippen molar-refractivity contribution in [1.29, 1.82) is 0 Å². The maximum atomic E-state index is 9.03. The van der Waals surface area contributed by atoms with Crippen LogP contribution in [-0.2, 0) is 6.42 Å². The quantitative estimate of drug-likeness (QED) is 0.875. The number of aryl methyl sites for hydroxylation is 1. The van der Waals surface area contributed by atoms with E-state index in [0.717, 1.165) is 19.3 Å². The number of aliphatic hydroxyl groups excluding tert-OH is 1. The molecule has 0 aromatic heterocycles. The van der Waals surface area contributed by atoms with Gasteiger partial charge in [-0.3, -0.25) is 0 Å². The molecule has 0 bridgehead atoms. The molecule has 0 radical (unpaired) electrons. The van der Waals surface area contributed by atoms with Crippen LogP contribution in [0.4, 0.5) is 0 Å². The molecule has 0 fully saturated rings. The molecule has 0 aliphatic heterocycles. The summed E-state index contributed by atoms with van der Waals surface area (Å²) in [7, 11) is 0. The first-order chi connectivity index (χ1) is 8.24. The van der Waals surface area contributed by atoms with E-state index in [9.17, 15) is 0 Å². The Hall–Kier alpha value is -0.380. The molecule has 2 N–H and O–H groups in total. The van der Waals surface area contributed by atoms with Crippen LogP contribution in [0.15, 0.2) is 22.7 Å². The van der Waals surface area contributed by atoms with Gasteiger partial charge >= 0.3 is 0 Å². The second-order valence-corrected chi connectivity index (χ2v) is 5.63. The summed E-state index contributed by atoms with van der Waals surface area (Å²) in [5.74, 6) is 0. The van der Waals surface area contributed by atoms with Crippen molar-refractivity contribution in [2.45, 2.75) is 44.7 Å². The molecule has 17 heavy (non-hydrogen) atoms. The fraction of sp³-hybridized carbons (Fsp3) is 0.571. The summed E-state index contributed by atoms with van der Waals surface area (Å²) < 4.78 is 1.17. The first-order valence-corrected chi connectivity index (χ1v) is 7.19. The highest BCUT2D eigenvalue weighted by atomic mass is 79.9. The van der Waals surface area contributed by atoms with E-state index in [1.165, 1.54) is 22.0 Å². The Balaban J connectivity index is 2.06. The second kappa shape index (κ2) is 5.98. The minimum atomic E-state index is 0.269. The zero-order chi connectivity index (χ0) is 12.3. The lowest BCUT2D eigenvalue weighted by atomic mass is 10.1. The normalized spacial score (nSPS) is 20.3. The van der Waals surface area contributed by atoms with Gasteiger partial charge < -0.3 is 10.4 Å². The zero-order valence-corrected chi connectivity index (χ0v) is 11.8. The summed E-state index contributed by atoms with van der Waals surface area (Å²) in [4.78, 5) is 0. The molecule has 2 atom stereocenters. The maximum absolute atomic E-state index is 9.03. The van der Waals surface area contributed by atoms with Crippen molar-refractivity contribution in [3.8, 4) is 0 Å². The number of fused-ring (bicyclic) bond motifs is 1. The van der Waals surface area contributed by atoms with Gasteiger partial charge in [-0.05, 0) is 48.9 Å². The van der Waals surface area contributed by atoms with Gasteiger partial charge in [-0.15, -0.1) is 0 Å². The topological polar surface area (TPSA) is 32.3 Å². The van der Waals surface area contributed by atoms with Crippen molar-refractivity contribution in [2.75, 3.05) is 6.61 Å². The van der Waals surface area contributed by atoms with Crippen LogP contribution in [0.2, 0.25) is 0 Å². The maximum Gasteiger partial charge on any atom is 0.0445 e. The molecule has 94 valence electrons. The summed E-state index contributed by atoms with van der Waals surface area (Å²) in [5.41, 5.74) is 2.89. The predicted molar refractivity (Wildman–Crippen MR) is 74.1 cm³/mol. The van der Waals surface area contributed by atoms with Gasteiger partial charge in [0.05, 0.1) is 0 Å². The van der Waals surface area contributed by atoms with E-state index in [1.807, 2.05) is 0 Å². The molecule has 1 aliphatic rings. The largest absolute Gasteiger partial charge is 0.396 e. The van der Waals surface area contributed by atoms with E-state index in [-0.39, 0.29) is 6.61 Å². The number of benzene rings is 1. The van der Waals surface area contributed by atoms with Crippen LogP contribution in [0.25, 0.3) is 0 Å². The van der Waals surface area contributed by atoms with Crippen molar-refractivity contribution in [3.63, 3.8) is 0 Å². The van der Waals surface area contributed by atoms with Gasteiger partial charge in [0.1, 0.15) is 0 Å². The van der Waals surface area contributed by atoms with Crippen LogP contribution >= 0.6 is 15.9 Å². The van der Waals surface area contributed by atoms with Gasteiger partial charge in [-0.2, -0.15) is 0 Å². The van der Waals surface area contributed by atoms with Gasteiger partial charge in [-0.1, -0.05) is 28.9 Å². The number of aliphatic hydroxyl groups is 1. The Morgan fingerprint density at radius 1 is 1.53 bits per heavy atom. The second-order valence-electron chi connectivity index (χ2n) is 4.72. The zero-order valence-electron chi connectivity index (χ0n) is 10.2. The average Bonchev–Trinajstić information content (AvgIpc) is 2.71. The van der Waals surface area contributed by atoms with Gasteiger partial charge in [-0.25, -0.2) is 0 Å². The van der Waals surface area contributed by atoms with Crippen LogP contribution in [-0.4, -0.2) is 17.8 Å².